The van der Waals surface area contributed by atoms with E-state index in [1.807, 2.05) is 0 Å². The molecule has 0 aliphatic carbocycles. The van der Waals surface area contributed by atoms with Gasteiger partial charge in [-0.05, 0) is 30.3 Å². The van der Waals surface area contributed by atoms with Crippen LogP contribution < -0.4 is 25.3 Å². The van der Waals surface area contributed by atoms with Crippen LogP contribution in [0.2, 0.25) is 0 Å². The summed E-state index contributed by atoms with van der Waals surface area (Å²) in [6.07, 6.45) is 0. The van der Waals surface area contributed by atoms with Crippen LogP contribution in [-0.2, 0) is 0 Å². The molecule has 1 heterocycles. The summed E-state index contributed by atoms with van der Waals surface area (Å²) in [4.78, 5) is 23.3. The van der Waals surface area contributed by atoms with Crippen LogP contribution in [0.5, 0.6) is 17.2 Å². The molecule has 1 aliphatic rings. The summed E-state index contributed by atoms with van der Waals surface area (Å²) in [6, 6.07) is 11.6. The van der Waals surface area contributed by atoms with Crippen molar-refractivity contribution in [1.29, 1.82) is 0 Å². The molecule has 0 spiro atoms. The van der Waals surface area contributed by atoms with Crippen LogP contribution in [0.1, 0.15) is 20.7 Å². The van der Waals surface area contributed by atoms with Crippen molar-refractivity contribution in [2.75, 3.05) is 19.9 Å². The highest BCUT2D eigenvalue weighted by molar-refractivity contribution is 5.95. The van der Waals surface area contributed by atoms with Gasteiger partial charge in [0.15, 0.2) is 11.5 Å². The predicted molar refractivity (Wildman–Crippen MR) is 93.1 cm³/mol. The average molecular weight is 352 g/mol. The van der Waals surface area contributed by atoms with Crippen molar-refractivity contribution in [2.24, 2.45) is 5.73 Å². The maximum Gasteiger partial charge on any atom is 0.252 e. The molecule has 0 bridgehead atoms. The van der Waals surface area contributed by atoms with Gasteiger partial charge in [-0.3, -0.25) is 9.59 Å². The van der Waals surface area contributed by atoms with Crippen molar-refractivity contribution in [3.8, 4) is 29.1 Å². The summed E-state index contributed by atoms with van der Waals surface area (Å²) >= 11 is 0. The number of nitrogens with two attached hydrogens (primary N) is 1. The van der Waals surface area contributed by atoms with Crippen LogP contribution in [0.4, 0.5) is 0 Å². The fraction of sp³-hybridized carbons (Fsp3) is 0.158. The highest BCUT2D eigenvalue weighted by Gasteiger charge is 2.15. The van der Waals surface area contributed by atoms with Crippen molar-refractivity contribution in [2.45, 2.75) is 0 Å². The Hall–Kier alpha value is -3.66. The van der Waals surface area contributed by atoms with Crippen LogP contribution in [-0.4, -0.2) is 31.8 Å². The Balaban J connectivity index is 1.47. The molecule has 0 atom stereocenters. The second kappa shape index (κ2) is 7.94. The third-order valence-corrected chi connectivity index (χ3v) is 3.55. The van der Waals surface area contributed by atoms with Crippen molar-refractivity contribution in [3.63, 3.8) is 0 Å². The van der Waals surface area contributed by atoms with Crippen molar-refractivity contribution in [3.05, 3.63) is 53.6 Å². The molecule has 7 heteroatoms. The normalized spacial score (nSPS) is 11.2. The lowest BCUT2D eigenvalue weighted by molar-refractivity contribution is 0.0956. The Bertz CT molecular complexity index is 898. The second-order valence-corrected chi connectivity index (χ2v) is 5.25. The van der Waals surface area contributed by atoms with Gasteiger partial charge < -0.3 is 25.3 Å². The Kier molecular flexibility index (Phi) is 5.25. The Labute approximate surface area is 150 Å². The molecule has 1 aliphatic heterocycles. The number of ether oxygens (including phenoxy) is 3. The van der Waals surface area contributed by atoms with Gasteiger partial charge in [-0.1, -0.05) is 24.0 Å². The topological polar surface area (TPSA) is 99.9 Å². The van der Waals surface area contributed by atoms with E-state index in [0.717, 1.165) is 0 Å². The Morgan fingerprint density at radius 2 is 1.92 bits per heavy atom. The van der Waals surface area contributed by atoms with Crippen molar-refractivity contribution < 1.29 is 23.8 Å². The number of fused-ring (bicyclic) bond motifs is 1. The first-order valence-corrected chi connectivity index (χ1v) is 7.80. The van der Waals surface area contributed by atoms with E-state index in [1.54, 1.807) is 42.5 Å². The molecule has 0 aromatic heterocycles. The number of hydrogen-bond donors (Lipinski definition) is 2. The number of hydrogen-bond acceptors (Lipinski definition) is 5. The molecule has 0 unspecified atom stereocenters. The van der Waals surface area contributed by atoms with Gasteiger partial charge >= 0.3 is 0 Å². The van der Waals surface area contributed by atoms with E-state index >= 15 is 0 Å². The number of carbonyl (C=O) groups excluding carboxylic acids is 2. The number of nitrogens with one attached hydrogen (secondary N) is 1. The summed E-state index contributed by atoms with van der Waals surface area (Å²) in [6.45, 7) is 0.392. The highest BCUT2D eigenvalue weighted by Crippen LogP contribution is 2.32. The number of primary amides is 1. The first-order valence-electron chi connectivity index (χ1n) is 7.80. The predicted octanol–water partition coefficient (Wildman–Crippen LogP) is 1.33. The van der Waals surface area contributed by atoms with Gasteiger partial charge in [0, 0.05) is 5.56 Å². The molecule has 0 radical (unpaired) electrons. The van der Waals surface area contributed by atoms with Gasteiger partial charge in [0.2, 0.25) is 6.79 Å². The highest BCUT2D eigenvalue weighted by atomic mass is 16.7. The van der Waals surface area contributed by atoms with E-state index in [4.69, 9.17) is 19.9 Å². The zero-order valence-electron chi connectivity index (χ0n) is 13.8. The monoisotopic (exact) mass is 352 g/mol. The van der Waals surface area contributed by atoms with Crippen LogP contribution in [0.15, 0.2) is 42.5 Å². The van der Waals surface area contributed by atoms with Crippen molar-refractivity contribution >= 4 is 11.8 Å². The first-order chi connectivity index (χ1) is 12.6. The van der Waals surface area contributed by atoms with Crippen LogP contribution in [0.25, 0.3) is 0 Å². The molecule has 0 saturated heterocycles. The summed E-state index contributed by atoms with van der Waals surface area (Å²) < 4.78 is 15.9. The molecular formula is C19H16N2O5. The molecule has 0 fully saturated rings. The second-order valence-electron chi connectivity index (χ2n) is 5.25. The van der Waals surface area contributed by atoms with Gasteiger partial charge in [-0.15, -0.1) is 0 Å². The Morgan fingerprint density at radius 3 is 2.77 bits per heavy atom. The third-order valence-electron chi connectivity index (χ3n) is 3.55. The minimum Gasteiger partial charge on any atom is -0.480 e. The average Bonchev–Trinajstić information content (AvgIpc) is 3.12. The Morgan fingerprint density at radius 1 is 1.12 bits per heavy atom. The number of benzene rings is 2. The minimum atomic E-state index is -0.565. The first kappa shape index (κ1) is 17.2. The third kappa shape index (κ3) is 4.05. The van der Waals surface area contributed by atoms with Gasteiger partial charge in [0.1, 0.15) is 12.4 Å². The van der Waals surface area contributed by atoms with E-state index in [9.17, 15) is 9.59 Å². The lowest BCUT2D eigenvalue weighted by atomic mass is 10.2. The number of amides is 2. The molecule has 26 heavy (non-hydrogen) atoms. The van der Waals surface area contributed by atoms with E-state index in [0.29, 0.717) is 28.4 Å². The fourth-order valence-corrected chi connectivity index (χ4v) is 2.29. The largest absolute Gasteiger partial charge is 0.480 e. The van der Waals surface area contributed by atoms with E-state index in [2.05, 4.69) is 17.2 Å². The number of carbonyl (C=O) groups is 2. The van der Waals surface area contributed by atoms with Crippen LogP contribution in [0, 0.1) is 11.8 Å². The SMILES string of the molecule is NC(=O)c1ccccc1OCC#CCNC(=O)c1ccc2c(c1)OCO2. The molecule has 0 saturated carbocycles. The maximum atomic E-state index is 12.1. The zero-order valence-corrected chi connectivity index (χ0v) is 13.8. The summed E-state index contributed by atoms with van der Waals surface area (Å²) in [7, 11) is 0. The molecule has 2 amide bonds. The zero-order chi connectivity index (χ0) is 18.4. The van der Waals surface area contributed by atoms with Gasteiger partial charge in [-0.2, -0.15) is 0 Å². The maximum absolute atomic E-state index is 12.1. The molecule has 132 valence electrons. The minimum absolute atomic E-state index is 0.0736. The standard InChI is InChI=1S/C19H16N2O5/c20-18(22)14-5-1-2-6-15(14)24-10-4-3-9-21-19(23)13-7-8-16-17(11-13)26-12-25-16/h1-2,5-8,11H,9-10,12H2,(H2,20,22)(H,21,23). The van der Waals surface area contributed by atoms with Gasteiger partial charge in [0.05, 0.1) is 12.1 Å². The lowest BCUT2D eigenvalue weighted by Crippen LogP contribution is -2.23. The summed E-state index contributed by atoms with van der Waals surface area (Å²) in [5.41, 5.74) is 6.03. The molecule has 2 aromatic rings. The van der Waals surface area contributed by atoms with Crippen molar-refractivity contribution in [1.82, 2.24) is 5.32 Å². The molecule has 3 rings (SSSR count). The van der Waals surface area contributed by atoms with E-state index in [-0.39, 0.29) is 25.9 Å². The fourth-order valence-electron chi connectivity index (χ4n) is 2.29. The summed E-state index contributed by atoms with van der Waals surface area (Å²) in [5.74, 6) is 6.25. The smallest absolute Gasteiger partial charge is 0.252 e. The lowest BCUT2D eigenvalue weighted by Gasteiger charge is -2.05. The molecule has 2 aromatic carbocycles. The molecule has 3 N–H and O–H groups in total. The van der Waals surface area contributed by atoms with E-state index in [1.165, 1.54) is 0 Å². The number of rotatable bonds is 5. The summed E-state index contributed by atoms with van der Waals surface area (Å²) in [5, 5.41) is 2.68. The van der Waals surface area contributed by atoms with Crippen LogP contribution >= 0.6 is 0 Å². The molecular weight excluding hydrogens is 336 g/mol. The molecule has 7 nitrogen and oxygen atoms in total. The van der Waals surface area contributed by atoms with Gasteiger partial charge in [0.25, 0.3) is 11.8 Å². The van der Waals surface area contributed by atoms with E-state index < -0.39 is 5.91 Å². The van der Waals surface area contributed by atoms with Gasteiger partial charge in [-0.25, -0.2) is 0 Å². The van der Waals surface area contributed by atoms with Crippen LogP contribution in [0.3, 0.4) is 0 Å². The number of para-hydroxylation sites is 1. The quantitative estimate of drug-likeness (QED) is 0.791.